The van der Waals surface area contributed by atoms with Crippen molar-refractivity contribution < 1.29 is 32.2 Å². The zero-order valence-corrected chi connectivity index (χ0v) is 28.6. The predicted molar refractivity (Wildman–Crippen MR) is 178 cm³/mol. The van der Waals surface area contributed by atoms with Crippen molar-refractivity contribution in [2.24, 2.45) is 4.99 Å². The zero-order valence-electron chi connectivity index (χ0n) is 24.2. The van der Waals surface area contributed by atoms with E-state index in [0.29, 0.717) is 37.3 Å². The number of allylic oxidation sites excluding steroid dienone is 1. The third kappa shape index (κ3) is 7.29. The normalized spacial score (nSPS) is 15.0. The highest BCUT2D eigenvalue weighted by Crippen LogP contribution is 2.39. The third-order valence-corrected chi connectivity index (χ3v) is 8.99. The Labute approximate surface area is 288 Å². The van der Waals surface area contributed by atoms with Gasteiger partial charge in [0.15, 0.2) is 22.0 Å². The number of aromatic nitrogens is 1. The molecule has 0 unspecified atom stereocenters. The minimum absolute atomic E-state index is 0.0948. The summed E-state index contributed by atoms with van der Waals surface area (Å²) >= 11 is 14.9. The molecule has 46 heavy (non-hydrogen) atoms. The van der Waals surface area contributed by atoms with Crippen molar-refractivity contribution >= 4 is 69.2 Å². The average molecular weight is 803 g/mol. The molecule has 1 atom stereocenters. The summed E-state index contributed by atoms with van der Waals surface area (Å²) in [5, 5.41) is 0.934. The van der Waals surface area contributed by atoms with Crippen molar-refractivity contribution in [3.63, 3.8) is 0 Å². The Morgan fingerprint density at radius 2 is 1.67 bits per heavy atom. The molecule has 1 aliphatic heterocycles. The molecule has 7 nitrogen and oxygen atoms in total. The molecule has 0 saturated carbocycles. The lowest BCUT2D eigenvalue weighted by atomic mass is 9.95. The molecule has 2 heterocycles. The van der Waals surface area contributed by atoms with E-state index < -0.39 is 35.0 Å². The second kappa shape index (κ2) is 14.2. The van der Waals surface area contributed by atoms with Gasteiger partial charge >= 0.3 is 12.1 Å². The van der Waals surface area contributed by atoms with E-state index in [1.54, 1.807) is 24.3 Å². The standard InChI is InChI=1S/C32H24Cl2F3IN2O5S/c1-3-43-23-14-18(13-22(38)27(23)45-16-17-5-9-20(33)10-6-17)15-24-29(41)40-26(19-7-11-21(34)12-8-19)25(30(42)44-4-2)28(32(35,36)37)39-31(40)46-24/h5-15,26H,3-4,16H2,1-2H3/b24-15-/t26-/m1/s1. The van der Waals surface area contributed by atoms with Gasteiger partial charge in [0, 0.05) is 10.0 Å². The van der Waals surface area contributed by atoms with Crippen LogP contribution in [0.25, 0.3) is 6.08 Å². The van der Waals surface area contributed by atoms with Gasteiger partial charge in [0.25, 0.3) is 5.56 Å². The van der Waals surface area contributed by atoms with Gasteiger partial charge in [0.05, 0.1) is 32.9 Å². The Bertz CT molecular complexity index is 1990. The van der Waals surface area contributed by atoms with Gasteiger partial charge in [-0.3, -0.25) is 9.36 Å². The number of halogens is 6. The fraction of sp³-hybridized carbons (Fsp3) is 0.219. The summed E-state index contributed by atoms with van der Waals surface area (Å²) in [6, 6.07) is 15.1. The van der Waals surface area contributed by atoms with Crippen LogP contribution in [0, 0.1) is 3.57 Å². The summed E-state index contributed by atoms with van der Waals surface area (Å²) in [6.07, 6.45) is -3.47. The van der Waals surface area contributed by atoms with Gasteiger partial charge in [-0.05, 0) is 95.6 Å². The highest BCUT2D eigenvalue weighted by atomic mass is 127. The van der Waals surface area contributed by atoms with Crippen LogP contribution in [0.3, 0.4) is 0 Å². The van der Waals surface area contributed by atoms with Crippen molar-refractivity contribution in [2.75, 3.05) is 13.2 Å². The molecule has 0 radical (unpaired) electrons. The summed E-state index contributed by atoms with van der Waals surface area (Å²) in [5.74, 6) is -0.309. The monoisotopic (exact) mass is 802 g/mol. The van der Waals surface area contributed by atoms with E-state index in [4.69, 9.17) is 37.4 Å². The number of ether oxygens (including phenoxy) is 3. The molecule has 0 aliphatic carbocycles. The predicted octanol–water partition coefficient (Wildman–Crippen LogP) is 7.23. The summed E-state index contributed by atoms with van der Waals surface area (Å²) in [6.45, 7) is 3.70. The number of carbonyl (C=O) groups excluding carboxylic acids is 1. The smallest absolute Gasteiger partial charge is 0.434 e. The van der Waals surface area contributed by atoms with Crippen LogP contribution in [0.1, 0.15) is 36.6 Å². The molecule has 4 aromatic rings. The molecule has 0 fully saturated rings. The maximum atomic E-state index is 14.4. The van der Waals surface area contributed by atoms with E-state index in [2.05, 4.69) is 27.6 Å². The topological polar surface area (TPSA) is 79.1 Å². The minimum Gasteiger partial charge on any atom is -0.490 e. The molecule has 240 valence electrons. The van der Waals surface area contributed by atoms with E-state index >= 15 is 0 Å². The summed E-state index contributed by atoms with van der Waals surface area (Å²) in [4.78, 5) is 30.5. The van der Waals surface area contributed by atoms with Gasteiger partial charge < -0.3 is 14.2 Å². The van der Waals surface area contributed by atoms with E-state index in [1.807, 2.05) is 19.1 Å². The van der Waals surface area contributed by atoms with Gasteiger partial charge in [-0.25, -0.2) is 9.79 Å². The molecule has 0 amide bonds. The van der Waals surface area contributed by atoms with Gasteiger partial charge in [0.1, 0.15) is 6.61 Å². The van der Waals surface area contributed by atoms with Crippen molar-refractivity contribution in [3.05, 3.63) is 122 Å². The Hall–Kier alpha value is -3.33. The van der Waals surface area contributed by atoms with E-state index in [-0.39, 0.29) is 28.1 Å². The number of hydrogen-bond donors (Lipinski definition) is 0. The number of benzene rings is 3. The number of alkyl halides is 3. The van der Waals surface area contributed by atoms with Crippen LogP contribution in [0.4, 0.5) is 13.2 Å². The van der Waals surface area contributed by atoms with Gasteiger partial charge in [-0.2, -0.15) is 13.2 Å². The number of rotatable bonds is 9. The zero-order chi connectivity index (χ0) is 33.2. The third-order valence-electron chi connectivity index (χ3n) is 6.71. The molecular formula is C32H24Cl2F3IN2O5S. The molecule has 0 spiro atoms. The number of fused-ring (bicyclic) bond motifs is 1. The maximum absolute atomic E-state index is 14.4. The van der Waals surface area contributed by atoms with E-state index in [1.165, 1.54) is 37.3 Å². The second-order valence-electron chi connectivity index (χ2n) is 9.79. The Morgan fingerprint density at radius 1 is 1.02 bits per heavy atom. The summed E-state index contributed by atoms with van der Waals surface area (Å²) in [7, 11) is 0. The highest BCUT2D eigenvalue weighted by Gasteiger charge is 2.45. The van der Waals surface area contributed by atoms with E-state index in [9.17, 15) is 22.8 Å². The Morgan fingerprint density at radius 3 is 2.28 bits per heavy atom. The molecule has 0 bridgehead atoms. The van der Waals surface area contributed by atoms with Crippen LogP contribution in [-0.2, 0) is 16.1 Å². The number of carbonyl (C=O) groups is 1. The largest absolute Gasteiger partial charge is 0.490 e. The van der Waals surface area contributed by atoms with Crippen LogP contribution in [0.5, 0.6) is 11.5 Å². The van der Waals surface area contributed by atoms with Gasteiger partial charge in [0.2, 0.25) is 0 Å². The molecule has 14 heteroatoms. The lowest BCUT2D eigenvalue weighted by molar-refractivity contribution is -0.140. The molecular weight excluding hydrogens is 779 g/mol. The lowest BCUT2D eigenvalue weighted by Crippen LogP contribution is -2.41. The molecule has 3 aromatic carbocycles. The Balaban J connectivity index is 1.64. The SMILES string of the molecule is CCOC(=O)C1=C(C(F)(F)F)N=c2s/c(=C\c3cc(I)c(OCc4ccc(Cl)cc4)c(OCC)c3)c(=O)n2[C@@H]1c1ccc(Cl)cc1. The molecule has 1 aromatic heterocycles. The maximum Gasteiger partial charge on any atom is 0.434 e. The first-order valence-corrected chi connectivity index (χ1v) is 16.5. The van der Waals surface area contributed by atoms with Crippen LogP contribution in [-0.4, -0.2) is 29.9 Å². The number of esters is 1. The average Bonchev–Trinajstić information content (AvgIpc) is 3.31. The quantitative estimate of drug-likeness (QED) is 0.132. The minimum atomic E-state index is -5.01. The number of thiazole rings is 1. The Kier molecular flexibility index (Phi) is 10.5. The molecule has 0 saturated heterocycles. The van der Waals surface area contributed by atoms with Crippen molar-refractivity contribution in [1.29, 1.82) is 0 Å². The first kappa shape index (κ1) is 34.0. The van der Waals surface area contributed by atoms with Crippen LogP contribution < -0.4 is 24.4 Å². The highest BCUT2D eigenvalue weighted by molar-refractivity contribution is 14.1. The first-order chi connectivity index (χ1) is 21.9. The lowest BCUT2D eigenvalue weighted by Gasteiger charge is -2.26. The van der Waals surface area contributed by atoms with Crippen molar-refractivity contribution in [3.8, 4) is 11.5 Å². The molecule has 0 N–H and O–H groups in total. The van der Waals surface area contributed by atoms with Crippen LogP contribution >= 0.6 is 57.1 Å². The fourth-order valence-corrected chi connectivity index (χ4v) is 6.80. The summed E-state index contributed by atoms with van der Waals surface area (Å²) < 4.78 is 61.9. The number of nitrogens with zero attached hydrogens (tertiary/aromatic N) is 2. The van der Waals surface area contributed by atoms with Gasteiger partial charge in [-0.1, -0.05) is 58.8 Å². The molecule has 5 rings (SSSR count). The van der Waals surface area contributed by atoms with Gasteiger partial charge in [-0.15, -0.1) is 0 Å². The van der Waals surface area contributed by atoms with Crippen molar-refractivity contribution in [2.45, 2.75) is 32.7 Å². The first-order valence-electron chi connectivity index (χ1n) is 13.8. The van der Waals surface area contributed by atoms with E-state index in [0.717, 1.165) is 21.5 Å². The van der Waals surface area contributed by atoms with Crippen LogP contribution in [0.15, 0.2) is 81.7 Å². The summed E-state index contributed by atoms with van der Waals surface area (Å²) in [5.41, 5.74) is -1.18. The fourth-order valence-electron chi connectivity index (χ4n) is 4.76. The van der Waals surface area contributed by atoms with Crippen LogP contribution in [0.2, 0.25) is 10.0 Å². The second-order valence-corrected chi connectivity index (χ2v) is 12.8. The number of hydrogen-bond acceptors (Lipinski definition) is 7. The molecule has 1 aliphatic rings. The van der Waals surface area contributed by atoms with Crippen molar-refractivity contribution in [1.82, 2.24) is 4.57 Å².